The fourth-order valence-corrected chi connectivity index (χ4v) is 2.98. The molecule has 1 fully saturated rings. The third kappa shape index (κ3) is 3.46. The number of benzene rings is 1. The molecule has 1 heterocycles. The summed E-state index contributed by atoms with van der Waals surface area (Å²) in [6.45, 7) is 5.05. The molecule has 0 amide bonds. The van der Waals surface area contributed by atoms with Gasteiger partial charge in [0, 0.05) is 35.2 Å². The molecule has 0 N–H and O–H groups in total. The van der Waals surface area contributed by atoms with E-state index in [-0.39, 0.29) is 0 Å². The van der Waals surface area contributed by atoms with Crippen molar-refractivity contribution >= 4 is 37.5 Å². The largest absolute Gasteiger partial charge is 0.377 e. The van der Waals surface area contributed by atoms with Crippen molar-refractivity contribution in [1.29, 1.82) is 0 Å². The van der Waals surface area contributed by atoms with Crippen LogP contribution in [0, 0.1) is 0 Å². The van der Waals surface area contributed by atoms with Crippen LogP contribution in [0.1, 0.15) is 18.9 Å². The highest BCUT2D eigenvalue weighted by Crippen LogP contribution is 2.28. The Balaban J connectivity index is 2.27. The van der Waals surface area contributed by atoms with Crippen LogP contribution in [0.3, 0.4) is 0 Å². The lowest BCUT2D eigenvalue weighted by atomic mass is 10.1. The number of ether oxygens (including phenoxy) is 1. The van der Waals surface area contributed by atoms with Gasteiger partial charge in [-0.3, -0.25) is 0 Å². The third-order valence-electron chi connectivity index (χ3n) is 2.98. The van der Waals surface area contributed by atoms with Crippen molar-refractivity contribution in [3.8, 4) is 0 Å². The zero-order valence-electron chi connectivity index (χ0n) is 9.96. The van der Waals surface area contributed by atoms with Crippen molar-refractivity contribution < 1.29 is 4.74 Å². The molecule has 2 rings (SSSR count). The lowest BCUT2D eigenvalue weighted by Crippen LogP contribution is -2.30. The van der Waals surface area contributed by atoms with Gasteiger partial charge in [0.1, 0.15) is 0 Å². The second-order valence-corrected chi connectivity index (χ2v) is 5.86. The minimum absolute atomic E-state index is 0.305. The van der Waals surface area contributed by atoms with E-state index < -0.39 is 0 Å². The molecular formula is C13H17Br2NO. The van der Waals surface area contributed by atoms with Crippen LogP contribution in [0.4, 0.5) is 5.69 Å². The van der Waals surface area contributed by atoms with E-state index >= 15 is 0 Å². The summed E-state index contributed by atoms with van der Waals surface area (Å²) in [4.78, 5) is 2.43. The molecule has 1 aromatic rings. The average molecular weight is 363 g/mol. The predicted octanol–water partition coefficient (Wildman–Crippen LogP) is 3.96. The maximum atomic E-state index is 5.69. The molecule has 2 nitrogen and oxygen atoms in total. The predicted molar refractivity (Wildman–Crippen MR) is 79.0 cm³/mol. The summed E-state index contributed by atoms with van der Waals surface area (Å²) in [5.74, 6) is 0. The van der Waals surface area contributed by atoms with E-state index in [2.05, 4.69) is 61.9 Å². The van der Waals surface area contributed by atoms with Crippen LogP contribution in [-0.4, -0.2) is 25.8 Å². The number of halogens is 2. The van der Waals surface area contributed by atoms with Crippen molar-refractivity contribution in [3.63, 3.8) is 0 Å². The molecule has 94 valence electrons. The molecule has 1 atom stereocenters. The van der Waals surface area contributed by atoms with Crippen LogP contribution in [0.15, 0.2) is 22.7 Å². The first-order chi connectivity index (χ1) is 8.20. The van der Waals surface area contributed by atoms with E-state index in [1.807, 2.05) is 0 Å². The molecule has 1 aromatic carbocycles. The van der Waals surface area contributed by atoms with Crippen LogP contribution in [0.5, 0.6) is 0 Å². The zero-order chi connectivity index (χ0) is 12.3. The molecule has 1 aliphatic heterocycles. The van der Waals surface area contributed by atoms with Gasteiger partial charge in [-0.05, 0) is 31.0 Å². The normalized spacial score (nSPS) is 21.4. The fraction of sp³-hybridized carbons (Fsp3) is 0.538. The summed E-state index contributed by atoms with van der Waals surface area (Å²) < 4.78 is 6.83. The number of alkyl halides is 1. The lowest BCUT2D eigenvalue weighted by Gasteiger charge is -2.26. The number of anilines is 1. The Kier molecular flexibility index (Phi) is 4.88. The number of hydrogen-bond acceptors (Lipinski definition) is 2. The molecular weight excluding hydrogens is 346 g/mol. The number of hydrogen-bond donors (Lipinski definition) is 0. The quantitative estimate of drug-likeness (QED) is 0.738. The Morgan fingerprint density at radius 2 is 2.29 bits per heavy atom. The van der Waals surface area contributed by atoms with E-state index in [1.165, 1.54) is 11.3 Å². The van der Waals surface area contributed by atoms with Gasteiger partial charge in [0.25, 0.3) is 0 Å². The van der Waals surface area contributed by atoms with Crippen LogP contribution < -0.4 is 4.90 Å². The van der Waals surface area contributed by atoms with E-state index in [0.29, 0.717) is 6.10 Å². The molecule has 1 unspecified atom stereocenters. The highest BCUT2D eigenvalue weighted by Gasteiger charge is 2.17. The van der Waals surface area contributed by atoms with E-state index in [4.69, 9.17) is 4.74 Å². The second-order valence-electron chi connectivity index (χ2n) is 4.39. The summed E-state index contributed by atoms with van der Waals surface area (Å²) >= 11 is 7.11. The molecule has 0 spiro atoms. The van der Waals surface area contributed by atoms with E-state index in [1.54, 1.807) is 0 Å². The van der Waals surface area contributed by atoms with E-state index in [0.717, 1.165) is 35.9 Å². The first-order valence-corrected chi connectivity index (χ1v) is 7.83. The standard InChI is InChI=1S/C13H17Br2NO/c1-10-9-16(5-2-6-17-10)13-7-12(15)4-3-11(13)8-14/h3-4,7,10H,2,5-6,8-9H2,1H3. The van der Waals surface area contributed by atoms with Crippen LogP contribution in [-0.2, 0) is 10.1 Å². The van der Waals surface area contributed by atoms with Crippen molar-refractivity contribution in [2.24, 2.45) is 0 Å². The van der Waals surface area contributed by atoms with E-state index in [9.17, 15) is 0 Å². The van der Waals surface area contributed by atoms with Crippen LogP contribution >= 0.6 is 31.9 Å². The highest BCUT2D eigenvalue weighted by atomic mass is 79.9. The van der Waals surface area contributed by atoms with Gasteiger partial charge in [-0.1, -0.05) is 37.9 Å². The fourth-order valence-electron chi connectivity index (χ4n) is 2.16. The molecule has 0 radical (unpaired) electrons. The summed E-state index contributed by atoms with van der Waals surface area (Å²) in [5.41, 5.74) is 2.65. The maximum Gasteiger partial charge on any atom is 0.0721 e. The van der Waals surface area contributed by atoms with Gasteiger partial charge in [0.15, 0.2) is 0 Å². The summed E-state index contributed by atoms with van der Waals surface area (Å²) in [6, 6.07) is 6.47. The average Bonchev–Trinajstić information content (AvgIpc) is 2.54. The summed E-state index contributed by atoms with van der Waals surface area (Å²) in [6.07, 6.45) is 1.40. The van der Waals surface area contributed by atoms with Gasteiger partial charge in [0.05, 0.1) is 6.10 Å². The zero-order valence-corrected chi connectivity index (χ0v) is 13.1. The van der Waals surface area contributed by atoms with Crippen LogP contribution in [0.2, 0.25) is 0 Å². The first kappa shape index (κ1) is 13.4. The van der Waals surface area contributed by atoms with Crippen molar-refractivity contribution in [1.82, 2.24) is 0 Å². The first-order valence-electron chi connectivity index (χ1n) is 5.91. The smallest absolute Gasteiger partial charge is 0.0721 e. The molecule has 1 aliphatic rings. The topological polar surface area (TPSA) is 12.5 Å². The maximum absolute atomic E-state index is 5.69. The monoisotopic (exact) mass is 361 g/mol. The molecule has 0 aliphatic carbocycles. The molecule has 0 saturated carbocycles. The molecule has 0 aromatic heterocycles. The van der Waals surface area contributed by atoms with Gasteiger partial charge in [-0.2, -0.15) is 0 Å². The van der Waals surface area contributed by atoms with Crippen molar-refractivity contribution in [3.05, 3.63) is 28.2 Å². The molecule has 4 heteroatoms. The van der Waals surface area contributed by atoms with Gasteiger partial charge in [0.2, 0.25) is 0 Å². The Morgan fingerprint density at radius 1 is 1.47 bits per heavy atom. The Hall–Kier alpha value is -0.0600. The minimum atomic E-state index is 0.305. The van der Waals surface area contributed by atoms with Crippen molar-refractivity contribution in [2.75, 3.05) is 24.6 Å². The minimum Gasteiger partial charge on any atom is -0.377 e. The Bertz CT molecular complexity index is 384. The Labute approximate surface area is 120 Å². The molecule has 17 heavy (non-hydrogen) atoms. The molecule has 1 saturated heterocycles. The van der Waals surface area contributed by atoms with Crippen molar-refractivity contribution in [2.45, 2.75) is 24.8 Å². The van der Waals surface area contributed by atoms with Gasteiger partial charge in [-0.15, -0.1) is 0 Å². The Morgan fingerprint density at radius 3 is 3.06 bits per heavy atom. The number of nitrogens with zero attached hydrogens (tertiary/aromatic N) is 1. The SMILES string of the molecule is CC1CN(c2cc(Br)ccc2CBr)CCCO1. The van der Waals surface area contributed by atoms with Crippen LogP contribution in [0.25, 0.3) is 0 Å². The summed E-state index contributed by atoms with van der Waals surface area (Å²) in [7, 11) is 0. The van der Waals surface area contributed by atoms with Gasteiger partial charge in [-0.25, -0.2) is 0 Å². The highest BCUT2D eigenvalue weighted by molar-refractivity contribution is 9.10. The van der Waals surface area contributed by atoms with Gasteiger partial charge < -0.3 is 9.64 Å². The lowest BCUT2D eigenvalue weighted by molar-refractivity contribution is 0.0821. The number of rotatable bonds is 2. The third-order valence-corrected chi connectivity index (χ3v) is 4.08. The van der Waals surface area contributed by atoms with Gasteiger partial charge >= 0.3 is 0 Å². The molecule has 0 bridgehead atoms. The summed E-state index contributed by atoms with van der Waals surface area (Å²) in [5, 5.41) is 0.890. The second kappa shape index (κ2) is 6.21.